The highest BCUT2D eigenvalue weighted by molar-refractivity contribution is 6.39. The fourth-order valence-corrected chi connectivity index (χ4v) is 5.83. The summed E-state index contributed by atoms with van der Waals surface area (Å²) in [4.78, 5) is 43.2. The number of pyridine rings is 1. The number of amides is 1. The van der Waals surface area contributed by atoms with Crippen molar-refractivity contribution in [1.29, 1.82) is 0 Å². The highest BCUT2D eigenvalue weighted by Crippen LogP contribution is 2.41. The van der Waals surface area contributed by atoms with E-state index in [0.29, 0.717) is 58.5 Å². The molecule has 1 aliphatic heterocycles. The average Bonchev–Trinajstić information content (AvgIpc) is 3.00. The zero-order chi connectivity index (χ0) is 31.5. The molecular formula is C31H29Cl2N5O6. The van der Waals surface area contributed by atoms with Crippen LogP contribution in [-0.4, -0.2) is 68.1 Å². The smallest absolute Gasteiger partial charge is 0.309 e. The van der Waals surface area contributed by atoms with E-state index in [9.17, 15) is 24.6 Å². The molecule has 2 atom stereocenters. The molecule has 0 saturated carbocycles. The van der Waals surface area contributed by atoms with Crippen LogP contribution < -0.4 is 15.6 Å². The molecule has 2 aromatic carbocycles. The number of carboxylic acid groups (broad SMARTS) is 1. The number of ether oxygens (including phenoxy) is 1. The highest BCUT2D eigenvalue weighted by Gasteiger charge is 2.33. The maximum Gasteiger partial charge on any atom is 0.309 e. The molecule has 44 heavy (non-hydrogen) atoms. The second-order valence-corrected chi connectivity index (χ2v) is 11.1. The van der Waals surface area contributed by atoms with Gasteiger partial charge in [-0.25, -0.2) is 9.67 Å². The van der Waals surface area contributed by atoms with Crippen molar-refractivity contribution >= 4 is 40.8 Å². The van der Waals surface area contributed by atoms with Crippen LogP contribution >= 0.6 is 23.2 Å². The van der Waals surface area contributed by atoms with Crippen LogP contribution in [0.4, 0.5) is 5.69 Å². The number of rotatable bonds is 8. The van der Waals surface area contributed by atoms with Crippen LogP contribution in [0.5, 0.6) is 5.88 Å². The first-order chi connectivity index (χ1) is 21.1. The Morgan fingerprint density at radius 1 is 1.05 bits per heavy atom. The molecule has 0 aliphatic carbocycles. The number of halogens is 2. The van der Waals surface area contributed by atoms with Gasteiger partial charge in [0.05, 0.1) is 40.6 Å². The molecule has 1 aliphatic rings. The third kappa shape index (κ3) is 6.31. The van der Waals surface area contributed by atoms with Gasteiger partial charge in [0.25, 0.3) is 11.5 Å². The first-order valence-electron chi connectivity index (χ1n) is 13.7. The number of nitrogens with one attached hydrogen (secondary N) is 1. The number of carbonyl (C=O) groups is 2. The van der Waals surface area contributed by atoms with E-state index in [2.05, 4.69) is 10.4 Å². The number of hydrogen-bond acceptors (Lipinski definition) is 8. The number of hydrogen-bond donors (Lipinski definition) is 3. The van der Waals surface area contributed by atoms with Gasteiger partial charge in [0, 0.05) is 48.6 Å². The van der Waals surface area contributed by atoms with Gasteiger partial charge in [-0.15, -0.1) is 0 Å². The summed E-state index contributed by atoms with van der Waals surface area (Å²) in [7, 11) is 2.97. The summed E-state index contributed by atoms with van der Waals surface area (Å²) >= 11 is 13.7. The van der Waals surface area contributed by atoms with E-state index < -0.39 is 29.5 Å². The van der Waals surface area contributed by atoms with Gasteiger partial charge in [-0.1, -0.05) is 59.6 Å². The van der Waals surface area contributed by atoms with Crippen LogP contribution in [0.2, 0.25) is 10.0 Å². The van der Waals surface area contributed by atoms with Crippen molar-refractivity contribution in [1.82, 2.24) is 19.7 Å². The molecule has 3 heterocycles. The van der Waals surface area contributed by atoms with E-state index in [0.717, 1.165) is 10.2 Å². The molecule has 13 heteroatoms. The lowest BCUT2D eigenvalue weighted by molar-refractivity contribution is -0.148. The molecule has 2 aromatic heterocycles. The summed E-state index contributed by atoms with van der Waals surface area (Å²) in [6.07, 6.45) is 0.758. The molecule has 0 spiro atoms. The van der Waals surface area contributed by atoms with Crippen LogP contribution in [0.25, 0.3) is 22.4 Å². The minimum atomic E-state index is -0.991. The predicted molar refractivity (Wildman–Crippen MR) is 166 cm³/mol. The highest BCUT2D eigenvalue weighted by atomic mass is 35.5. The third-order valence-corrected chi connectivity index (χ3v) is 8.39. The Morgan fingerprint density at radius 3 is 2.45 bits per heavy atom. The van der Waals surface area contributed by atoms with E-state index in [4.69, 9.17) is 32.9 Å². The number of nitrogens with zero attached hydrogens (tertiary/aromatic N) is 4. The first kappa shape index (κ1) is 31.1. The normalized spacial score (nSPS) is 16.8. The summed E-state index contributed by atoms with van der Waals surface area (Å²) in [6.45, 7) is 1.18. The Bertz CT molecular complexity index is 1800. The molecule has 0 radical (unpaired) electrons. The minimum absolute atomic E-state index is 0.0756. The van der Waals surface area contributed by atoms with E-state index >= 15 is 0 Å². The molecule has 228 valence electrons. The number of β-amino-alcohol motifs (C(OH)–C–C–N with tert-alkyl or cyclic N) is 1. The van der Waals surface area contributed by atoms with E-state index in [-0.39, 0.29) is 17.1 Å². The Kier molecular flexibility index (Phi) is 9.31. The number of carbonyl (C=O) groups excluding carboxylic acids is 1. The molecule has 2 unspecified atom stereocenters. The van der Waals surface area contributed by atoms with E-state index in [1.165, 1.54) is 26.4 Å². The lowest BCUT2D eigenvalue weighted by atomic mass is 9.94. The molecule has 1 fully saturated rings. The number of aliphatic hydroxyl groups is 1. The Labute approximate surface area is 262 Å². The SMILES string of the molecule is COc1nc(-c2cccc(-c3cccc(NC(=O)c4ccnn(C)c4=O)c3Cl)c2Cl)ccc1CN1CCC(C(=O)O)C(O)C1. The molecule has 1 saturated heterocycles. The van der Waals surface area contributed by atoms with Gasteiger partial charge in [-0.3, -0.25) is 19.3 Å². The predicted octanol–water partition coefficient (Wildman–Crippen LogP) is 4.34. The van der Waals surface area contributed by atoms with E-state index in [1.807, 2.05) is 29.2 Å². The number of aryl methyl sites for hydroxylation is 1. The number of aromatic nitrogens is 3. The van der Waals surface area contributed by atoms with Crippen LogP contribution in [0, 0.1) is 5.92 Å². The standard InChI is InChI=1S/C31H29Cl2N5O6/c1-37-30(41)22(11-13-34-37)28(40)35-24-8-4-6-19(27(24)33)18-5-3-7-20(26(18)32)23-10-9-17(29(36-23)44-2)15-38-14-12-21(31(42)43)25(39)16-38/h3-11,13,21,25,39H,12,14-16H2,1-2H3,(H,35,40)(H,42,43). The molecule has 11 nitrogen and oxygen atoms in total. The molecule has 0 bridgehead atoms. The van der Waals surface area contributed by atoms with Gasteiger partial charge in [-0.2, -0.15) is 5.10 Å². The van der Waals surface area contributed by atoms with Gasteiger partial charge in [0.1, 0.15) is 5.56 Å². The minimum Gasteiger partial charge on any atom is -0.481 e. The largest absolute Gasteiger partial charge is 0.481 e. The molecule has 3 N–H and O–H groups in total. The Morgan fingerprint density at radius 2 is 1.75 bits per heavy atom. The maximum absolute atomic E-state index is 12.9. The summed E-state index contributed by atoms with van der Waals surface area (Å²) in [5.74, 6) is -2.01. The van der Waals surface area contributed by atoms with Crippen molar-refractivity contribution in [3.05, 3.63) is 92.3 Å². The molecule has 1 amide bonds. The van der Waals surface area contributed by atoms with Gasteiger partial charge >= 0.3 is 5.97 Å². The zero-order valence-corrected chi connectivity index (χ0v) is 25.3. The van der Waals surface area contributed by atoms with Crippen molar-refractivity contribution in [2.45, 2.75) is 19.1 Å². The average molecular weight is 639 g/mol. The van der Waals surface area contributed by atoms with Gasteiger partial charge in [-0.05, 0) is 31.2 Å². The lowest BCUT2D eigenvalue weighted by Crippen LogP contribution is -2.46. The molecule has 5 rings (SSSR count). The first-order valence-corrected chi connectivity index (χ1v) is 14.4. The van der Waals surface area contributed by atoms with Crippen LogP contribution in [0.3, 0.4) is 0 Å². The van der Waals surface area contributed by atoms with Crippen LogP contribution in [-0.2, 0) is 18.4 Å². The molecule has 4 aromatic rings. The lowest BCUT2D eigenvalue weighted by Gasteiger charge is -2.34. The topological polar surface area (TPSA) is 147 Å². The monoisotopic (exact) mass is 637 g/mol. The fraction of sp³-hybridized carbons (Fsp3) is 0.258. The number of carboxylic acids is 1. The second-order valence-electron chi connectivity index (χ2n) is 10.4. The number of piperidine rings is 1. The van der Waals surface area contributed by atoms with Crippen molar-refractivity contribution in [3.8, 4) is 28.3 Å². The van der Waals surface area contributed by atoms with Crippen molar-refractivity contribution in [3.63, 3.8) is 0 Å². The van der Waals surface area contributed by atoms with Crippen LogP contribution in [0.15, 0.2) is 65.6 Å². The maximum atomic E-state index is 12.9. The number of benzene rings is 2. The number of likely N-dealkylation sites (tertiary alicyclic amines) is 1. The summed E-state index contributed by atoms with van der Waals surface area (Å²) < 4.78 is 6.66. The fourth-order valence-electron chi connectivity index (χ4n) is 5.23. The van der Waals surface area contributed by atoms with Crippen molar-refractivity contribution in [2.24, 2.45) is 13.0 Å². The number of aliphatic carboxylic acids is 1. The summed E-state index contributed by atoms with van der Waals surface area (Å²) in [5.41, 5.74) is 2.80. The summed E-state index contributed by atoms with van der Waals surface area (Å²) in [5, 5.41) is 26.7. The van der Waals surface area contributed by atoms with Crippen LogP contribution in [0.1, 0.15) is 22.3 Å². The van der Waals surface area contributed by atoms with E-state index in [1.54, 1.807) is 24.3 Å². The Balaban J connectivity index is 1.40. The third-order valence-electron chi connectivity index (χ3n) is 7.57. The molecular weight excluding hydrogens is 609 g/mol. The number of methoxy groups -OCH3 is 1. The van der Waals surface area contributed by atoms with Crippen molar-refractivity contribution in [2.75, 3.05) is 25.5 Å². The second kappa shape index (κ2) is 13.1. The number of aliphatic hydroxyl groups excluding tert-OH is 1. The summed E-state index contributed by atoms with van der Waals surface area (Å²) in [6, 6.07) is 15.6. The number of anilines is 1. The van der Waals surface area contributed by atoms with Gasteiger partial charge in [0.15, 0.2) is 0 Å². The zero-order valence-electron chi connectivity index (χ0n) is 23.8. The van der Waals surface area contributed by atoms with Gasteiger partial charge in [0.2, 0.25) is 5.88 Å². The quantitative estimate of drug-likeness (QED) is 0.256. The Hall–Kier alpha value is -4.29. The van der Waals surface area contributed by atoms with Crippen molar-refractivity contribution < 1.29 is 24.5 Å². The van der Waals surface area contributed by atoms with Gasteiger partial charge < -0.3 is 20.3 Å².